The van der Waals surface area contributed by atoms with E-state index in [0.29, 0.717) is 17.9 Å². The van der Waals surface area contributed by atoms with Gasteiger partial charge in [-0.15, -0.1) is 11.3 Å². The fraction of sp³-hybridized carbons (Fsp3) is 0.250. The Labute approximate surface area is 132 Å². The van der Waals surface area contributed by atoms with Crippen LogP contribution in [-0.4, -0.2) is 23.6 Å². The molecule has 2 rings (SSSR count). The first-order valence-corrected chi connectivity index (χ1v) is 7.70. The van der Waals surface area contributed by atoms with Crippen molar-refractivity contribution in [3.63, 3.8) is 0 Å². The van der Waals surface area contributed by atoms with Crippen LogP contribution in [0.3, 0.4) is 0 Å². The molecule has 0 aliphatic rings. The van der Waals surface area contributed by atoms with Gasteiger partial charge in [0.15, 0.2) is 6.61 Å². The van der Waals surface area contributed by atoms with E-state index in [1.165, 1.54) is 4.88 Å². The Bertz CT molecular complexity index is 652. The van der Waals surface area contributed by atoms with Crippen molar-refractivity contribution in [3.05, 3.63) is 46.2 Å². The van der Waals surface area contributed by atoms with Crippen molar-refractivity contribution in [1.82, 2.24) is 0 Å². The van der Waals surface area contributed by atoms with Crippen molar-refractivity contribution in [1.29, 1.82) is 0 Å². The number of anilines is 1. The topological polar surface area (TPSA) is 75.6 Å². The van der Waals surface area contributed by atoms with Crippen LogP contribution >= 0.6 is 11.3 Å². The van der Waals surface area contributed by atoms with Gasteiger partial charge in [0.25, 0.3) is 0 Å². The summed E-state index contributed by atoms with van der Waals surface area (Å²) in [5, 5.41) is 13.4. The summed E-state index contributed by atoms with van der Waals surface area (Å²) in [5.74, 6) is -0.601. The highest BCUT2D eigenvalue weighted by atomic mass is 32.1. The minimum atomic E-state index is -1.02. The van der Waals surface area contributed by atoms with Crippen LogP contribution in [-0.2, 0) is 16.0 Å². The third kappa shape index (κ3) is 4.89. The number of hydrogen-bond donors (Lipinski definition) is 2. The SMILES string of the molecule is Cc1cc(OCC(=O)O)ccc1NC(=O)CCc1cccs1. The van der Waals surface area contributed by atoms with E-state index < -0.39 is 5.97 Å². The lowest BCUT2D eigenvalue weighted by molar-refractivity contribution is -0.139. The summed E-state index contributed by atoms with van der Waals surface area (Å²) in [5.41, 5.74) is 1.53. The van der Waals surface area contributed by atoms with E-state index in [9.17, 15) is 9.59 Å². The zero-order valence-corrected chi connectivity index (χ0v) is 13.0. The number of carbonyl (C=O) groups excluding carboxylic acids is 1. The minimum Gasteiger partial charge on any atom is -0.482 e. The molecule has 0 aliphatic heterocycles. The zero-order valence-electron chi connectivity index (χ0n) is 12.2. The van der Waals surface area contributed by atoms with Crippen LogP contribution in [0.15, 0.2) is 35.7 Å². The number of nitrogens with one attached hydrogen (secondary N) is 1. The van der Waals surface area contributed by atoms with E-state index in [4.69, 9.17) is 9.84 Å². The fourth-order valence-electron chi connectivity index (χ4n) is 1.92. The predicted molar refractivity (Wildman–Crippen MR) is 85.6 cm³/mol. The number of carboxylic acid groups (broad SMARTS) is 1. The lowest BCUT2D eigenvalue weighted by atomic mass is 10.1. The number of carbonyl (C=O) groups is 2. The molecule has 1 heterocycles. The summed E-state index contributed by atoms with van der Waals surface area (Å²) in [6, 6.07) is 9.05. The molecule has 0 atom stereocenters. The Morgan fingerprint density at radius 1 is 1.32 bits per heavy atom. The van der Waals surface area contributed by atoms with Crippen LogP contribution < -0.4 is 10.1 Å². The molecule has 2 aromatic rings. The summed E-state index contributed by atoms with van der Waals surface area (Å²) in [6.45, 7) is 1.45. The number of carboxylic acids is 1. The molecule has 5 nitrogen and oxygen atoms in total. The first kappa shape index (κ1) is 16.0. The molecule has 6 heteroatoms. The molecule has 116 valence electrons. The summed E-state index contributed by atoms with van der Waals surface area (Å²) in [6.07, 6.45) is 1.15. The third-order valence-electron chi connectivity index (χ3n) is 3.01. The van der Waals surface area contributed by atoms with Crippen molar-refractivity contribution in [2.75, 3.05) is 11.9 Å². The Hall–Kier alpha value is -2.34. The van der Waals surface area contributed by atoms with Crippen LogP contribution in [0.1, 0.15) is 16.9 Å². The molecule has 22 heavy (non-hydrogen) atoms. The van der Waals surface area contributed by atoms with E-state index in [-0.39, 0.29) is 12.5 Å². The van der Waals surface area contributed by atoms with Gasteiger partial charge in [0.05, 0.1) is 0 Å². The molecule has 0 spiro atoms. The van der Waals surface area contributed by atoms with E-state index in [0.717, 1.165) is 12.0 Å². The van der Waals surface area contributed by atoms with Crippen molar-refractivity contribution >= 4 is 28.9 Å². The second-order valence-corrected chi connectivity index (χ2v) is 5.82. The summed E-state index contributed by atoms with van der Waals surface area (Å²) >= 11 is 1.64. The fourth-order valence-corrected chi connectivity index (χ4v) is 2.62. The van der Waals surface area contributed by atoms with Gasteiger partial charge >= 0.3 is 5.97 Å². The van der Waals surface area contributed by atoms with E-state index in [1.54, 1.807) is 29.5 Å². The third-order valence-corrected chi connectivity index (χ3v) is 3.95. The largest absolute Gasteiger partial charge is 0.482 e. The molecule has 0 unspecified atom stereocenters. The molecule has 2 N–H and O–H groups in total. The van der Waals surface area contributed by atoms with Crippen molar-refractivity contribution in [2.24, 2.45) is 0 Å². The van der Waals surface area contributed by atoms with Gasteiger partial charge in [-0.3, -0.25) is 4.79 Å². The maximum atomic E-state index is 11.9. The smallest absolute Gasteiger partial charge is 0.341 e. The summed E-state index contributed by atoms with van der Waals surface area (Å²) in [4.78, 5) is 23.6. The van der Waals surface area contributed by atoms with Crippen LogP contribution in [0.2, 0.25) is 0 Å². The number of aryl methyl sites for hydroxylation is 2. The number of amides is 1. The zero-order chi connectivity index (χ0) is 15.9. The van der Waals surface area contributed by atoms with Crippen molar-refractivity contribution < 1.29 is 19.4 Å². The Balaban J connectivity index is 1.89. The number of rotatable bonds is 7. The summed E-state index contributed by atoms with van der Waals surface area (Å²) < 4.78 is 5.09. The highest BCUT2D eigenvalue weighted by Crippen LogP contribution is 2.22. The Morgan fingerprint density at radius 2 is 2.14 bits per heavy atom. The quantitative estimate of drug-likeness (QED) is 0.822. The van der Waals surface area contributed by atoms with Gasteiger partial charge in [0.1, 0.15) is 5.75 Å². The number of hydrogen-bond acceptors (Lipinski definition) is 4. The monoisotopic (exact) mass is 319 g/mol. The van der Waals surface area contributed by atoms with Gasteiger partial charge in [0, 0.05) is 17.0 Å². The van der Waals surface area contributed by atoms with Crippen LogP contribution in [0, 0.1) is 6.92 Å². The maximum Gasteiger partial charge on any atom is 0.341 e. The van der Waals surface area contributed by atoms with Crippen molar-refractivity contribution in [2.45, 2.75) is 19.8 Å². The van der Waals surface area contributed by atoms with Crippen molar-refractivity contribution in [3.8, 4) is 5.75 Å². The molecular weight excluding hydrogens is 302 g/mol. The number of ether oxygens (including phenoxy) is 1. The van der Waals surface area contributed by atoms with Gasteiger partial charge in [-0.2, -0.15) is 0 Å². The molecule has 1 aromatic carbocycles. The minimum absolute atomic E-state index is 0.0456. The molecule has 0 radical (unpaired) electrons. The molecule has 1 aromatic heterocycles. The molecular formula is C16H17NO4S. The lowest BCUT2D eigenvalue weighted by Crippen LogP contribution is -2.13. The van der Waals surface area contributed by atoms with Gasteiger partial charge in [-0.1, -0.05) is 6.07 Å². The molecule has 0 saturated carbocycles. The average molecular weight is 319 g/mol. The van der Waals surface area contributed by atoms with Gasteiger partial charge in [-0.05, 0) is 48.6 Å². The van der Waals surface area contributed by atoms with E-state index in [1.807, 2.05) is 24.4 Å². The standard InChI is InChI=1S/C16H17NO4S/c1-11-9-12(21-10-16(19)20)4-6-14(11)17-15(18)7-5-13-3-2-8-22-13/h2-4,6,8-9H,5,7,10H2,1H3,(H,17,18)(H,19,20). The molecule has 0 saturated heterocycles. The number of benzene rings is 1. The maximum absolute atomic E-state index is 11.9. The van der Waals surface area contributed by atoms with Gasteiger partial charge in [0.2, 0.25) is 5.91 Å². The predicted octanol–water partition coefficient (Wildman–Crippen LogP) is 3.09. The van der Waals surface area contributed by atoms with Gasteiger partial charge in [-0.25, -0.2) is 4.79 Å². The van der Waals surface area contributed by atoms with Gasteiger partial charge < -0.3 is 15.2 Å². The summed E-state index contributed by atoms with van der Waals surface area (Å²) in [7, 11) is 0. The van der Waals surface area contributed by atoms with Crippen LogP contribution in [0.5, 0.6) is 5.75 Å². The normalized spacial score (nSPS) is 10.2. The Morgan fingerprint density at radius 3 is 2.77 bits per heavy atom. The molecule has 0 bridgehead atoms. The first-order valence-electron chi connectivity index (χ1n) is 6.82. The lowest BCUT2D eigenvalue weighted by Gasteiger charge is -2.10. The van der Waals surface area contributed by atoms with E-state index in [2.05, 4.69) is 5.32 Å². The van der Waals surface area contributed by atoms with Crippen LogP contribution in [0.25, 0.3) is 0 Å². The Kier molecular flexibility index (Phi) is 5.55. The molecule has 1 amide bonds. The number of thiophene rings is 1. The molecule has 0 aliphatic carbocycles. The number of aliphatic carboxylic acids is 1. The highest BCUT2D eigenvalue weighted by Gasteiger charge is 2.07. The second kappa shape index (κ2) is 7.61. The molecule has 0 fully saturated rings. The van der Waals surface area contributed by atoms with E-state index >= 15 is 0 Å². The second-order valence-electron chi connectivity index (χ2n) is 4.79. The highest BCUT2D eigenvalue weighted by molar-refractivity contribution is 7.09. The average Bonchev–Trinajstić information content (AvgIpc) is 2.99. The first-order chi connectivity index (χ1) is 10.5. The van der Waals surface area contributed by atoms with Crippen LogP contribution in [0.4, 0.5) is 5.69 Å².